The van der Waals surface area contributed by atoms with Gasteiger partial charge in [0.15, 0.2) is 0 Å². The fourth-order valence-corrected chi connectivity index (χ4v) is 9.71. The molecule has 0 saturated heterocycles. The minimum atomic E-state index is -0.0828. The quantitative estimate of drug-likeness (QED) is 0.160. The van der Waals surface area contributed by atoms with E-state index in [0.29, 0.717) is 0 Å². The number of halogens is 1. The molecule has 0 aromatic heterocycles. The van der Waals surface area contributed by atoms with E-state index in [1.807, 2.05) is 0 Å². The Bertz CT molecular complexity index is 2750. The van der Waals surface area contributed by atoms with Gasteiger partial charge in [-0.2, -0.15) is 0 Å². The van der Waals surface area contributed by atoms with Crippen molar-refractivity contribution in [3.05, 3.63) is 178 Å². The molecule has 10 rings (SSSR count). The molecule has 0 bridgehead atoms. The summed E-state index contributed by atoms with van der Waals surface area (Å²) in [5.74, 6) is 0. The van der Waals surface area contributed by atoms with Crippen molar-refractivity contribution in [1.82, 2.24) is 0 Å². The van der Waals surface area contributed by atoms with Crippen LogP contribution in [-0.4, -0.2) is 0 Å². The van der Waals surface area contributed by atoms with Crippen LogP contribution in [0.15, 0.2) is 156 Å². The fraction of sp³-hybridized carbons (Fsp3) is 0.120. The molecule has 0 N–H and O–H groups in total. The zero-order chi connectivity index (χ0) is 34.6. The normalized spacial score (nSPS) is 14.7. The van der Waals surface area contributed by atoms with Gasteiger partial charge in [-0.25, -0.2) is 0 Å². The van der Waals surface area contributed by atoms with Gasteiger partial charge in [0.2, 0.25) is 0 Å². The SMILES string of the molecule is CC1(C)c2ccccc2-c2ccc(-c3c4ccc(-c5ccccc5)cc4c(-c4ccc5c(c4)C(C)(C)c4ccccc4-5)c4ccc(Br)cc34)cc21. The van der Waals surface area contributed by atoms with E-state index in [9.17, 15) is 0 Å². The molecule has 8 aromatic carbocycles. The van der Waals surface area contributed by atoms with E-state index in [2.05, 4.69) is 195 Å². The summed E-state index contributed by atoms with van der Waals surface area (Å²) in [6, 6.07) is 57.0. The first kappa shape index (κ1) is 30.6. The highest BCUT2D eigenvalue weighted by atomic mass is 79.9. The van der Waals surface area contributed by atoms with Crippen molar-refractivity contribution in [2.24, 2.45) is 0 Å². The summed E-state index contributed by atoms with van der Waals surface area (Å²) < 4.78 is 1.09. The van der Waals surface area contributed by atoms with Gasteiger partial charge in [-0.1, -0.05) is 165 Å². The molecular formula is C50H37Br. The van der Waals surface area contributed by atoms with Crippen LogP contribution in [0.3, 0.4) is 0 Å². The Labute approximate surface area is 308 Å². The molecule has 0 unspecified atom stereocenters. The van der Waals surface area contributed by atoms with Crippen LogP contribution in [0.2, 0.25) is 0 Å². The lowest BCUT2D eigenvalue weighted by atomic mass is 9.79. The Balaban J connectivity index is 1.29. The molecule has 0 spiro atoms. The lowest BCUT2D eigenvalue weighted by Gasteiger charge is -2.24. The molecule has 0 atom stereocenters. The van der Waals surface area contributed by atoms with Crippen molar-refractivity contribution in [3.8, 4) is 55.6 Å². The van der Waals surface area contributed by atoms with E-state index in [-0.39, 0.29) is 10.8 Å². The molecule has 2 aliphatic rings. The monoisotopic (exact) mass is 716 g/mol. The van der Waals surface area contributed by atoms with Crippen LogP contribution < -0.4 is 0 Å². The second kappa shape index (κ2) is 10.9. The predicted octanol–water partition coefficient (Wildman–Crippen LogP) is 14.4. The van der Waals surface area contributed by atoms with Crippen molar-refractivity contribution in [2.75, 3.05) is 0 Å². The summed E-state index contributed by atoms with van der Waals surface area (Å²) in [6.45, 7) is 9.49. The Kier molecular flexibility index (Phi) is 6.52. The van der Waals surface area contributed by atoms with Crippen LogP contribution in [0.25, 0.3) is 77.2 Å². The first-order valence-corrected chi connectivity index (χ1v) is 18.7. The molecule has 1 heteroatoms. The van der Waals surface area contributed by atoms with E-state index in [1.54, 1.807) is 0 Å². The van der Waals surface area contributed by atoms with Crippen molar-refractivity contribution >= 4 is 37.5 Å². The molecule has 0 heterocycles. The van der Waals surface area contributed by atoms with Gasteiger partial charge >= 0.3 is 0 Å². The highest BCUT2D eigenvalue weighted by molar-refractivity contribution is 9.10. The molecular weight excluding hydrogens is 680 g/mol. The van der Waals surface area contributed by atoms with E-state index < -0.39 is 0 Å². The highest BCUT2D eigenvalue weighted by Gasteiger charge is 2.37. The molecule has 0 fully saturated rings. The maximum Gasteiger partial charge on any atom is 0.0181 e. The third kappa shape index (κ3) is 4.38. The van der Waals surface area contributed by atoms with Crippen molar-refractivity contribution in [3.63, 3.8) is 0 Å². The first-order chi connectivity index (χ1) is 24.7. The first-order valence-electron chi connectivity index (χ1n) is 18.0. The largest absolute Gasteiger partial charge is 0.0622 e. The van der Waals surface area contributed by atoms with E-state index >= 15 is 0 Å². The zero-order valence-corrected chi connectivity index (χ0v) is 30.9. The van der Waals surface area contributed by atoms with Crippen LogP contribution in [0.1, 0.15) is 49.9 Å². The lowest BCUT2D eigenvalue weighted by Crippen LogP contribution is -2.15. The molecule has 0 saturated carbocycles. The average Bonchev–Trinajstić information content (AvgIpc) is 3.53. The van der Waals surface area contributed by atoms with Gasteiger partial charge in [-0.3, -0.25) is 0 Å². The number of fused-ring (bicyclic) bond motifs is 8. The molecule has 2 aliphatic carbocycles. The van der Waals surface area contributed by atoms with Crippen LogP contribution in [-0.2, 0) is 10.8 Å². The lowest BCUT2D eigenvalue weighted by molar-refractivity contribution is 0.660. The molecule has 51 heavy (non-hydrogen) atoms. The van der Waals surface area contributed by atoms with Crippen LogP contribution in [0.4, 0.5) is 0 Å². The van der Waals surface area contributed by atoms with Gasteiger partial charge in [0.25, 0.3) is 0 Å². The van der Waals surface area contributed by atoms with Crippen LogP contribution in [0.5, 0.6) is 0 Å². The maximum absolute atomic E-state index is 3.89. The molecule has 0 aliphatic heterocycles. The molecule has 8 aromatic rings. The van der Waals surface area contributed by atoms with Crippen molar-refractivity contribution in [2.45, 2.75) is 38.5 Å². The molecule has 0 amide bonds. The molecule has 0 nitrogen and oxygen atoms in total. The Morgan fingerprint density at radius 3 is 1.35 bits per heavy atom. The fourth-order valence-electron chi connectivity index (χ4n) is 9.35. The van der Waals surface area contributed by atoms with Crippen LogP contribution >= 0.6 is 15.9 Å². The smallest absolute Gasteiger partial charge is 0.0181 e. The second-order valence-corrected chi connectivity index (χ2v) is 16.3. The van der Waals surface area contributed by atoms with Gasteiger partial charge in [0.05, 0.1) is 0 Å². The zero-order valence-electron chi connectivity index (χ0n) is 29.3. The molecule has 0 radical (unpaired) electrons. The summed E-state index contributed by atoms with van der Waals surface area (Å²) in [5.41, 5.74) is 18.4. The third-order valence-corrected chi connectivity index (χ3v) is 12.4. The van der Waals surface area contributed by atoms with Gasteiger partial charge in [-0.05, 0) is 130 Å². The summed E-state index contributed by atoms with van der Waals surface area (Å²) in [7, 11) is 0. The van der Waals surface area contributed by atoms with E-state index in [0.717, 1.165) is 4.47 Å². The predicted molar refractivity (Wildman–Crippen MR) is 221 cm³/mol. The number of hydrogen-bond donors (Lipinski definition) is 0. The van der Waals surface area contributed by atoms with Crippen LogP contribution in [0, 0.1) is 0 Å². The Morgan fingerprint density at radius 2 is 0.784 bits per heavy atom. The number of rotatable bonds is 3. The topological polar surface area (TPSA) is 0 Å². The standard InChI is InChI=1S/C50H37Br/c1-49(2)43-16-10-8-14-35(43)37-22-19-32(27-45(37)49)47-40-25-21-34(51)29-42(40)48(39-24-18-31(26-41(39)47)30-12-6-5-7-13-30)33-20-23-38-36-15-9-11-17-44(36)50(3,4)46(38)28-33/h5-29H,1-4H3. The van der Waals surface area contributed by atoms with Crippen molar-refractivity contribution in [1.29, 1.82) is 0 Å². The number of hydrogen-bond acceptors (Lipinski definition) is 0. The van der Waals surface area contributed by atoms with Crippen molar-refractivity contribution < 1.29 is 0 Å². The van der Waals surface area contributed by atoms with Gasteiger partial charge in [0.1, 0.15) is 0 Å². The van der Waals surface area contributed by atoms with E-state index in [4.69, 9.17) is 0 Å². The Morgan fingerprint density at radius 1 is 0.333 bits per heavy atom. The summed E-state index contributed by atoms with van der Waals surface area (Å²) in [5, 5.41) is 5.07. The third-order valence-electron chi connectivity index (χ3n) is 11.9. The van der Waals surface area contributed by atoms with Gasteiger partial charge < -0.3 is 0 Å². The average molecular weight is 718 g/mol. The van der Waals surface area contributed by atoms with E-state index in [1.165, 1.54) is 99.4 Å². The maximum atomic E-state index is 3.89. The van der Waals surface area contributed by atoms with Gasteiger partial charge in [-0.15, -0.1) is 0 Å². The summed E-state index contributed by atoms with van der Waals surface area (Å²) >= 11 is 3.89. The summed E-state index contributed by atoms with van der Waals surface area (Å²) in [6.07, 6.45) is 0. The minimum absolute atomic E-state index is 0.0800. The Hall–Kier alpha value is -5.24. The molecule has 244 valence electrons. The van der Waals surface area contributed by atoms with Gasteiger partial charge in [0, 0.05) is 15.3 Å². The number of benzene rings is 8. The minimum Gasteiger partial charge on any atom is -0.0622 e. The summed E-state index contributed by atoms with van der Waals surface area (Å²) in [4.78, 5) is 0. The highest BCUT2D eigenvalue weighted by Crippen LogP contribution is 2.53. The second-order valence-electron chi connectivity index (χ2n) is 15.4.